The van der Waals surface area contributed by atoms with E-state index in [0.717, 1.165) is 5.56 Å². The van der Waals surface area contributed by atoms with E-state index in [1.54, 1.807) is 49.9 Å². The lowest BCUT2D eigenvalue weighted by Gasteiger charge is -2.23. The van der Waals surface area contributed by atoms with E-state index in [9.17, 15) is 13.2 Å². The number of hydrogen-bond acceptors (Lipinski definition) is 4. The minimum atomic E-state index is -3.58. The summed E-state index contributed by atoms with van der Waals surface area (Å²) >= 11 is 0. The molecule has 1 amide bonds. The van der Waals surface area contributed by atoms with E-state index in [4.69, 9.17) is 4.18 Å². The maximum Gasteiger partial charge on any atom is 0.311 e. The average Bonchev–Trinajstić information content (AvgIpc) is 2.39. The Balaban J connectivity index is 2.78. The van der Waals surface area contributed by atoms with Gasteiger partial charge in [-0.1, -0.05) is 26.0 Å². The van der Waals surface area contributed by atoms with Crippen molar-refractivity contribution in [2.45, 2.75) is 46.4 Å². The Kier molecular flexibility index (Phi) is 6.41. The highest BCUT2D eigenvalue weighted by Gasteiger charge is 2.18. The molecule has 0 saturated heterocycles. The van der Waals surface area contributed by atoms with Gasteiger partial charge in [0.2, 0.25) is 5.91 Å². The van der Waals surface area contributed by atoms with Gasteiger partial charge < -0.3 is 9.08 Å². The number of benzene rings is 1. The van der Waals surface area contributed by atoms with Gasteiger partial charge in [-0.3, -0.25) is 4.79 Å². The Labute approximate surface area is 133 Å². The maximum atomic E-state index is 11.7. The van der Waals surface area contributed by atoms with Crippen molar-refractivity contribution in [3.63, 3.8) is 0 Å². The van der Waals surface area contributed by atoms with E-state index < -0.39 is 15.4 Å². The zero-order valence-electron chi connectivity index (χ0n) is 13.9. The van der Waals surface area contributed by atoms with Gasteiger partial charge in [-0.25, -0.2) is 0 Å². The van der Waals surface area contributed by atoms with E-state index in [-0.39, 0.29) is 11.7 Å². The van der Waals surface area contributed by atoms with Gasteiger partial charge in [-0.2, -0.15) is 8.42 Å². The van der Waals surface area contributed by atoms with Crippen LogP contribution in [0, 0.1) is 5.92 Å². The summed E-state index contributed by atoms with van der Waals surface area (Å²) in [6.45, 7) is 10.0. The second-order valence-electron chi connectivity index (χ2n) is 6.06. The van der Waals surface area contributed by atoms with E-state index in [1.807, 2.05) is 0 Å². The molecule has 0 heterocycles. The lowest BCUT2D eigenvalue weighted by Crippen LogP contribution is -2.31. The first kappa shape index (κ1) is 18.5. The largest absolute Gasteiger partial charge is 0.382 e. The highest BCUT2D eigenvalue weighted by Crippen LogP contribution is 2.17. The summed E-state index contributed by atoms with van der Waals surface area (Å²) in [4.78, 5) is 13.4. The van der Waals surface area contributed by atoms with Crippen LogP contribution in [0.2, 0.25) is 0 Å². The molecular weight excluding hydrogens is 302 g/mol. The van der Waals surface area contributed by atoms with Gasteiger partial charge in [0.1, 0.15) is 5.75 Å². The highest BCUT2D eigenvalue weighted by molar-refractivity contribution is 7.87. The van der Waals surface area contributed by atoms with Gasteiger partial charge in [-0.05, 0) is 37.5 Å². The standard InChI is InChI=1S/C16H25NO4S/c1-12(2)10-17(14(5)18)11-15-6-8-16(9-7-15)21-22(19,20)13(3)4/h6-9,12-13H,10-11H2,1-5H3. The Morgan fingerprint density at radius 1 is 1.14 bits per heavy atom. The minimum Gasteiger partial charge on any atom is -0.382 e. The predicted octanol–water partition coefficient (Wildman–Crippen LogP) is 2.81. The molecule has 5 nitrogen and oxygen atoms in total. The molecule has 0 unspecified atom stereocenters. The van der Waals surface area contributed by atoms with Gasteiger partial charge in [0.25, 0.3) is 0 Å². The van der Waals surface area contributed by atoms with Crippen LogP contribution in [0.4, 0.5) is 0 Å². The second kappa shape index (κ2) is 7.63. The molecule has 1 aromatic rings. The Hall–Kier alpha value is -1.56. The average molecular weight is 327 g/mol. The van der Waals surface area contributed by atoms with Gasteiger partial charge >= 0.3 is 10.1 Å². The number of amides is 1. The normalized spacial score (nSPS) is 11.8. The number of carbonyl (C=O) groups excluding carboxylic acids is 1. The van der Waals surface area contributed by atoms with Gasteiger partial charge in [-0.15, -0.1) is 0 Å². The Bertz CT molecular complexity index is 591. The molecule has 0 aliphatic carbocycles. The smallest absolute Gasteiger partial charge is 0.311 e. The summed E-state index contributed by atoms with van der Waals surface area (Å²) in [6, 6.07) is 6.79. The molecule has 0 fully saturated rings. The van der Waals surface area contributed by atoms with Crippen molar-refractivity contribution < 1.29 is 17.4 Å². The van der Waals surface area contributed by atoms with Gasteiger partial charge in [0, 0.05) is 20.0 Å². The van der Waals surface area contributed by atoms with Crippen molar-refractivity contribution in [2.75, 3.05) is 6.54 Å². The summed E-state index contributed by atoms with van der Waals surface area (Å²) in [7, 11) is -3.58. The summed E-state index contributed by atoms with van der Waals surface area (Å²) < 4.78 is 28.4. The van der Waals surface area contributed by atoms with Crippen molar-refractivity contribution in [3.05, 3.63) is 29.8 Å². The summed E-state index contributed by atoms with van der Waals surface area (Å²) in [5.74, 6) is 0.704. The van der Waals surface area contributed by atoms with Gasteiger partial charge in [0.05, 0.1) is 5.25 Å². The zero-order valence-corrected chi connectivity index (χ0v) is 14.7. The van der Waals surface area contributed by atoms with Crippen LogP contribution in [0.15, 0.2) is 24.3 Å². The molecule has 0 spiro atoms. The fraction of sp³-hybridized carbons (Fsp3) is 0.562. The summed E-state index contributed by atoms with van der Waals surface area (Å²) in [5, 5.41) is -0.591. The molecule has 1 aromatic carbocycles. The quantitative estimate of drug-likeness (QED) is 0.722. The molecule has 0 bridgehead atoms. The van der Waals surface area contributed by atoms with Crippen LogP contribution in [0.3, 0.4) is 0 Å². The molecule has 22 heavy (non-hydrogen) atoms. The lowest BCUT2D eigenvalue weighted by molar-refractivity contribution is -0.130. The SMILES string of the molecule is CC(=O)N(Cc1ccc(OS(=O)(=O)C(C)C)cc1)CC(C)C. The highest BCUT2D eigenvalue weighted by atomic mass is 32.2. The molecule has 0 atom stereocenters. The van der Waals surface area contributed by atoms with Crippen LogP contribution in [0.5, 0.6) is 5.75 Å². The molecule has 0 aliphatic heterocycles. The third-order valence-electron chi connectivity index (χ3n) is 3.12. The fourth-order valence-corrected chi connectivity index (χ4v) is 2.42. The van der Waals surface area contributed by atoms with E-state index in [1.165, 1.54) is 0 Å². The monoisotopic (exact) mass is 327 g/mol. The fourth-order valence-electron chi connectivity index (χ4n) is 1.85. The molecule has 0 saturated carbocycles. The Morgan fingerprint density at radius 2 is 1.68 bits per heavy atom. The third-order valence-corrected chi connectivity index (χ3v) is 4.70. The van der Waals surface area contributed by atoms with Crippen molar-refractivity contribution in [1.29, 1.82) is 0 Å². The lowest BCUT2D eigenvalue weighted by atomic mass is 10.1. The predicted molar refractivity (Wildman–Crippen MR) is 87.1 cm³/mol. The van der Waals surface area contributed by atoms with Crippen LogP contribution < -0.4 is 4.18 Å². The van der Waals surface area contributed by atoms with Crippen LogP contribution in [0.1, 0.15) is 40.2 Å². The van der Waals surface area contributed by atoms with Crippen molar-refractivity contribution in [3.8, 4) is 5.75 Å². The van der Waals surface area contributed by atoms with Gasteiger partial charge in [0.15, 0.2) is 0 Å². The molecule has 124 valence electrons. The summed E-state index contributed by atoms with van der Waals surface area (Å²) in [5.41, 5.74) is 0.935. The van der Waals surface area contributed by atoms with E-state index >= 15 is 0 Å². The molecule has 1 rings (SSSR count). The first-order chi connectivity index (χ1) is 10.1. The first-order valence-electron chi connectivity index (χ1n) is 7.39. The number of nitrogens with zero attached hydrogens (tertiary/aromatic N) is 1. The van der Waals surface area contributed by atoms with Crippen LogP contribution in [-0.2, 0) is 21.5 Å². The van der Waals surface area contributed by atoms with Crippen LogP contribution >= 0.6 is 0 Å². The molecule has 0 aliphatic rings. The first-order valence-corrected chi connectivity index (χ1v) is 8.86. The number of carbonyl (C=O) groups is 1. The van der Waals surface area contributed by atoms with Crippen molar-refractivity contribution >= 4 is 16.0 Å². The number of hydrogen-bond donors (Lipinski definition) is 0. The molecule has 0 N–H and O–H groups in total. The second-order valence-corrected chi connectivity index (χ2v) is 8.16. The molecule has 0 aromatic heterocycles. The van der Waals surface area contributed by atoms with Crippen LogP contribution in [-0.4, -0.2) is 31.0 Å². The zero-order chi connectivity index (χ0) is 16.9. The summed E-state index contributed by atoms with van der Waals surface area (Å²) in [6.07, 6.45) is 0. The minimum absolute atomic E-state index is 0.0245. The van der Waals surface area contributed by atoms with Crippen molar-refractivity contribution in [2.24, 2.45) is 5.92 Å². The van der Waals surface area contributed by atoms with Crippen LogP contribution in [0.25, 0.3) is 0 Å². The van der Waals surface area contributed by atoms with E-state index in [2.05, 4.69) is 13.8 Å². The third kappa shape index (κ3) is 5.67. The number of rotatable bonds is 7. The molecule has 0 radical (unpaired) electrons. The topological polar surface area (TPSA) is 63.7 Å². The maximum absolute atomic E-state index is 11.7. The molecular formula is C16H25NO4S. The van der Waals surface area contributed by atoms with E-state index in [0.29, 0.717) is 19.0 Å². The molecule has 6 heteroatoms. The Morgan fingerprint density at radius 3 is 2.09 bits per heavy atom. The van der Waals surface area contributed by atoms with Crippen molar-refractivity contribution in [1.82, 2.24) is 4.90 Å².